The van der Waals surface area contributed by atoms with Crippen LogP contribution in [0.25, 0.3) is 27.9 Å². The molecule has 0 fully saturated rings. The number of aromatic amines is 1. The Morgan fingerprint density at radius 1 is 1.12 bits per heavy atom. The molecule has 0 aliphatic heterocycles. The van der Waals surface area contributed by atoms with Crippen molar-refractivity contribution in [3.8, 4) is 11.8 Å². The van der Waals surface area contributed by atoms with Crippen molar-refractivity contribution in [1.82, 2.24) is 9.55 Å². The molecule has 0 amide bonds. The Labute approximate surface area is 201 Å². The number of halogens is 1. The standard InChI is InChI=1S/C28H20ClN3O2/c1-34-22-10-11-24-25(15-31-26(24)13-22)28(33)19(14-30)12-20-17-32(27-5-3-2-4-23(20)27)16-18-6-8-21(29)9-7-18/h2-13,15,17,31H,16H2,1H3/b19-12+. The molecule has 0 aliphatic carbocycles. The fourth-order valence-electron chi connectivity index (χ4n) is 4.18. The first-order chi connectivity index (χ1) is 16.6. The number of fused-ring (bicyclic) bond motifs is 2. The van der Waals surface area contributed by atoms with E-state index in [9.17, 15) is 10.1 Å². The highest BCUT2D eigenvalue weighted by molar-refractivity contribution is 6.30. The second kappa shape index (κ2) is 8.93. The molecule has 0 bridgehead atoms. The number of ketones is 1. The molecule has 0 saturated heterocycles. The minimum Gasteiger partial charge on any atom is -0.497 e. The molecule has 0 atom stereocenters. The van der Waals surface area contributed by atoms with Gasteiger partial charge in [-0.3, -0.25) is 4.79 Å². The van der Waals surface area contributed by atoms with Crippen LogP contribution in [0.1, 0.15) is 21.5 Å². The molecule has 1 N–H and O–H groups in total. The van der Waals surface area contributed by atoms with E-state index in [0.29, 0.717) is 22.9 Å². The van der Waals surface area contributed by atoms with E-state index >= 15 is 0 Å². The number of aromatic nitrogens is 2. The van der Waals surface area contributed by atoms with Gasteiger partial charge in [0.2, 0.25) is 5.78 Å². The molecule has 166 valence electrons. The Morgan fingerprint density at radius 3 is 2.68 bits per heavy atom. The van der Waals surface area contributed by atoms with Crippen LogP contribution in [0, 0.1) is 11.3 Å². The lowest BCUT2D eigenvalue weighted by molar-refractivity contribution is 0.104. The number of allylic oxidation sites excluding steroid dienone is 1. The average Bonchev–Trinajstić information content (AvgIpc) is 3.44. The third-order valence-corrected chi connectivity index (χ3v) is 6.14. The third kappa shape index (κ3) is 3.96. The number of methoxy groups -OCH3 is 1. The van der Waals surface area contributed by atoms with E-state index < -0.39 is 0 Å². The summed E-state index contributed by atoms with van der Waals surface area (Å²) < 4.78 is 7.37. The molecule has 3 aromatic carbocycles. The monoisotopic (exact) mass is 465 g/mol. The van der Waals surface area contributed by atoms with Crippen molar-refractivity contribution in [1.29, 1.82) is 5.26 Å². The van der Waals surface area contributed by atoms with Crippen LogP contribution in [0.4, 0.5) is 0 Å². The number of ether oxygens (including phenoxy) is 1. The molecule has 0 radical (unpaired) electrons. The zero-order valence-electron chi connectivity index (χ0n) is 18.4. The van der Waals surface area contributed by atoms with Gasteiger partial charge in [0.15, 0.2) is 0 Å². The molecule has 2 heterocycles. The van der Waals surface area contributed by atoms with Crippen molar-refractivity contribution < 1.29 is 9.53 Å². The number of hydrogen-bond acceptors (Lipinski definition) is 3. The number of nitrogens with zero attached hydrogens (tertiary/aromatic N) is 2. The quantitative estimate of drug-likeness (QED) is 0.174. The topological polar surface area (TPSA) is 70.8 Å². The van der Waals surface area contributed by atoms with Crippen molar-refractivity contribution >= 4 is 45.3 Å². The van der Waals surface area contributed by atoms with Crippen LogP contribution in [0.15, 0.2) is 84.7 Å². The van der Waals surface area contributed by atoms with Crippen LogP contribution in [-0.2, 0) is 6.54 Å². The Bertz CT molecular complexity index is 1600. The highest BCUT2D eigenvalue weighted by Gasteiger charge is 2.18. The molecular formula is C28H20ClN3O2. The molecule has 0 saturated carbocycles. The Morgan fingerprint density at radius 2 is 1.91 bits per heavy atom. The SMILES string of the molecule is COc1ccc2c(C(=O)/C(C#N)=C/c3cn(Cc4ccc(Cl)cc4)c4ccccc34)c[nH]c2c1. The van der Waals surface area contributed by atoms with Crippen LogP contribution in [-0.4, -0.2) is 22.4 Å². The second-order valence-electron chi connectivity index (χ2n) is 7.97. The summed E-state index contributed by atoms with van der Waals surface area (Å²) in [7, 11) is 1.59. The van der Waals surface area contributed by atoms with E-state index in [1.54, 1.807) is 25.4 Å². The molecule has 0 aliphatic rings. The van der Waals surface area contributed by atoms with Crippen LogP contribution >= 0.6 is 11.6 Å². The van der Waals surface area contributed by atoms with Crippen molar-refractivity contribution in [3.05, 3.63) is 106 Å². The molecule has 0 unspecified atom stereocenters. The largest absolute Gasteiger partial charge is 0.497 e. The Hall–Kier alpha value is -4.27. The third-order valence-electron chi connectivity index (χ3n) is 5.88. The number of carbonyl (C=O) groups is 1. The van der Waals surface area contributed by atoms with Crippen molar-refractivity contribution in [2.24, 2.45) is 0 Å². The first-order valence-corrected chi connectivity index (χ1v) is 11.1. The minimum absolute atomic E-state index is 0.0751. The summed E-state index contributed by atoms with van der Waals surface area (Å²) in [4.78, 5) is 16.4. The number of rotatable bonds is 6. The number of Topliss-reactive ketones (excluding diaryl/α,β-unsaturated/α-hetero) is 1. The Kier molecular flexibility index (Phi) is 5.67. The maximum absolute atomic E-state index is 13.3. The number of carbonyl (C=O) groups excluding carboxylic acids is 1. The van der Waals surface area contributed by atoms with E-state index in [1.165, 1.54) is 0 Å². The zero-order chi connectivity index (χ0) is 23.7. The predicted molar refractivity (Wildman–Crippen MR) is 135 cm³/mol. The van der Waals surface area contributed by atoms with Gasteiger partial charge in [0, 0.05) is 63.0 Å². The van der Waals surface area contributed by atoms with Gasteiger partial charge in [0.1, 0.15) is 17.4 Å². The minimum atomic E-state index is -0.326. The fourth-order valence-corrected chi connectivity index (χ4v) is 4.30. The summed E-state index contributed by atoms with van der Waals surface area (Å²) in [5, 5.41) is 12.3. The number of nitriles is 1. The second-order valence-corrected chi connectivity index (χ2v) is 8.41. The highest BCUT2D eigenvalue weighted by Crippen LogP contribution is 2.28. The molecule has 5 nitrogen and oxygen atoms in total. The van der Waals surface area contributed by atoms with Crippen LogP contribution in [0.3, 0.4) is 0 Å². The van der Waals surface area contributed by atoms with Gasteiger partial charge in [-0.05, 0) is 42.0 Å². The molecule has 5 aromatic rings. The molecule has 0 spiro atoms. The summed E-state index contributed by atoms with van der Waals surface area (Å²) >= 11 is 6.02. The molecule has 34 heavy (non-hydrogen) atoms. The summed E-state index contributed by atoms with van der Waals surface area (Å²) in [6, 6.07) is 23.2. The number of hydrogen-bond donors (Lipinski definition) is 1. The molecule has 2 aromatic heterocycles. The summed E-state index contributed by atoms with van der Waals surface area (Å²) in [5.74, 6) is 0.367. The van der Waals surface area contributed by atoms with Gasteiger partial charge in [0.25, 0.3) is 0 Å². The van der Waals surface area contributed by atoms with Crippen LogP contribution in [0.2, 0.25) is 5.02 Å². The van der Waals surface area contributed by atoms with Gasteiger partial charge >= 0.3 is 0 Å². The van der Waals surface area contributed by atoms with E-state index in [4.69, 9.17) is 16.3 Å². The lowest BCUT2D eigenvalue weighted by Crippen LogP contribution is -2.01. The maximum Gasteiger partial charge on any atom is 0.205 e. The van der Waals surface area contributed by atoms with E-state index in [1.807, 2.05) is 66.9 Å². The Balaban J connectivity index is 1.54. The molecule has 6 heteroatoms. The number of benzene rings is 3. The summed E-state index contributed by atoms with van der Waals surface area (Å²) in [6.07, 6.45) is 5.29. The zero-order valence-corrected chi connectivity index (χ0v) is 19.1. The van der Waals surface area contributed by atoms with E-state index in [-0.39, 0.29) is 11.4 Å². The van der Waals surface area contributed by atoms with Crippen molar-refractivity contribution in [3.63, 3.8) is 0 Å². The number of nitrogens with one attached hydrogen (secondary N) is 1. The summed E-state index contributed by atoms with van der Waals surface area (Å²) in [5.41, 5.74) is 4.25. The van der Waals surface area contributed by atoms with Crippen LogP contribution < -0.4 is 4.74 Å². The first-order valence-electron chi connectivity index (χ1n) is 10.7. The average molecular weight is 466 g/mol. The first kappa shape index (κ1) is 21.6. The maximum atomic E-state index is 13.3. The lowest BCUT2D eigenvalue weighted by atomic mass is 10.0. The van der Waals surface area contributed by atoms with E-state index in [0.717, 1.165) is 32.9 Å². The number of para-hydroxylation sites is 1. The highest BCUT2D eigenvalue weighted by atomic mass is 35.5. The normalized spacial score (nSPS) is 11.6. The van der Waals surface area contributed by atoms with Crippen molar-refractivity contribution in [2.75, 3.05) is 7.11 Å². The van der Waals surface area contributed by atoms with Gasteiger partial charge < -0.3 is 14.3 Å². The lowest BCUT2D eigenvalue weighted by Gasteiger charge is -2.05. The molecular weight excluding hydrogens is 446 g/mol. The van der Waals surface area contributed by atoms with E-state index in [2.05, 4.69) is 15.6 Å². The van der Waals surface area contributed by atoms with Crippen LogP contribution in [0.5, 0.6) is 5.75 Å². The van der Waals surface area contributed by atoms with Gasteiger partial charge in [-0.25, -0.2) is 0 Å². The smallest absolute Gasteiger partial charge is 0.205 e. The molecule has 5 rings (SSSR count). The fraction of sp³-hybridized carbons (Fsp3) is 0.0714. The predicted octanol–water partition coefficient (Wildman–Crippen LogP) is 6.62. The van der Waals surface area contributed by atoms with Gasteiger partial charge in [0.05, 0.1) is 7.11 Å². The van der Waals surface area contributed by atoms with Gasteiger partial charge in [-0.15, -0.1) is 0 Å². The van der Waals surface area contributed by atoms with Crippen molar-refractivity contribution in [2.45, 2.75) is 6.54 Å². The number of H-pyrrole nitrogens is 1. The van der Waals surface area contributed by atoms with Gasteiger partial charge in [-0.2, -0.15) is 5.26 Å². The summed E-state index contributed by atoms with van der Waals surface area (Å²) in [6.45, 7) is 0.644. The van der Waals surface area contributed by atoms with Gasteiger partial charge in [-0.1, -0.05) is 41.9 Å².